The normalized spacial score (nSPS) is 31.3. The summed E-state index contributed by atoms with van der Waals surface area (Å²) < 4.78 is 0. The van der Waals surface area contributed by atoms with E-state index in [9.17, 15) is 5.11 Å². The van der Waals surface area contributed by atoms with Crippen molar-refractivity contribution in [1.29, 1.82) is 0 Å². The second-order valence-electron chi connectivity index (χ2n) is 4.52. The van der Waals surface area contributed by atoms with Gasteiger partial charge >= 0.3 is 0 Å². The molecule has 1 saturated carbocycles. The molecule has 3 heteroatoms. The Balaban J connectivity index is 2.10. The van der Waals surface area contributed by atoms with Gasteiger partial charge in [0.2, 0.25) is 0 Å². The second-order valence-corrected chi connectivity index (χ2v) is 5.50. The highest BCUT2D eigenvalue weighted by Crippen LogP contribution is 2.51. The van der Waals surface area contributed by atoms with Gasteiger partial charge in [0, 0.05) is 18.0 Å². The molecule has 0 amide bonds. The molecule has 13 heavy (non-hydrogen) atoms. The van der Waals surface area contributed by atoms with Gasteiger partial charge in [-0.3, -0.25) is 0 Å². The molecule has 1 atom stereocenters. The Hall–Kier alpha value is -0.410. The number of thiazole rings is 1. The van der Waals surface area contributed by atoms with E-state index in [1.54, 1.807) is 17.5 Å². The molecule has 0 spiro atoms. The summed E-state index contributed by atoms with van der Waals surface area (Å²) in [5.74, 6) is 0. The minimum atomic E-state index is -0.509. The summed E-state index contributed by atoms with van der Waals surface area (Å²) in [7, 11) is 0. The van der Waals surface area contributed by atoms with Crippen LogP contribution in [0.15, 0.2) is 11.6 Å². The van der Waals surface area contributed by atoms with Crippen LogP contribution >= 0.6 is 11.3 Å². The van der Waals surface area contributed by atoms with E-state index >= 15 is 0 Å². The third kappa shape index (κ3) is 1.40. The number of hydrogen-bond donors (Lipinski definition) is 1. The average molecular weight is 197 g/mol. The van der Waals surface area contributed by atoms with Crippen molar-refractivity contribution >= 4 is 11.3 Å². The van der Waals surface area contributed by atoms with Crippen molar-refractivity contribution < 1.29 is 5.11 Å². The molecule has 0 bridgehead atoms. The minimum absolute atomic E-state index is 0.0681. The highest BCUT2D eigenvalue weighted by Gasteiger charge is 2.51. The molecule has 1 aliphatic rings. The fourth-order valence-electron chi connectivity index (χ4n) is 1.83. The molecule has 2 nitrogen and oxygen atoms in total. The Bertz CT molecular complexity index is 294. The first kappa shape index (κ1) is 9.16. The van der Waals surface area contributed by atoms with Crippen molar-refractivity contribution in [2.75, 3.05) is 0 Å². The number of rotatable bonds is 2. The van der Waals surface area contributed by atoms with Crippen LogP contribution in [0.1, 0.15) is 31.7 Å². The van der Waals surface area contributed by atoms with Gasteiger partial charge in [-0.2, -0.15) is 0 Å². The van der Waals surface area contributed by atoms with Gasteiger partial charge in [-0.15, -0.1) is 11.3 Å². The van der Waals surface area contributed by atoms with Crippen LogP contribution in [0.4, 0.5) is 0 Å². The molecule has 1 heterocycles. The molecular formula is C10H15NOS. The zero-order valence-electron chi connectivity index (χ0n) is 8.08. The lowest BCUT2D eigenvalue weighted by molar-refractivity contribution is -0.147. The lowest BCUT2D eigenvalue weighted by Crippen LogP contribution is -2.55. The van der Waals surface area contributed by atoms with Crippen molar-refractivity contribution in [3.8, 4) is 0 Å². The van der Waals surface area contributed by atoms with Crippen LogP contribution < -0.4 is 0 Å². The smallest absolute Gasteiger partial charge is 0.0953 e. The van der Waals surface area contributed by atoms with Crippen LogP contribution in [0, 0.1) is 5.41 Å². The predicted molar refractivity (Wildman–Crippen MR) is 53.8 cm³/mol. The third-order valence-electron chi connectivity index (χ3n) is 3.35. The molecule has 72 valence electrons. The topological polar surface area (TPSA) is 33.1 Å². The van der Waals surface area contributed by atoms with Gasteiger partial charge in [0.05, 0.1) is 10.6 Å². The number of nitrogens with zero attached hydrogens (tertiary/aromatic N) is 1. The Morgan fingerprint density at radius 1 is 1.54 bits per heavy atom. The summed E-state index contributed by atoms with van der Waals surface area (Å²) in [6, 6.07) is 0. The van der Waals surface area contributed by atoms with Crippen LogP contribution in [0.5, 0.6) is 0 Å². The summed E-state index contributed by atoms with van der Waals surface area (Å²) in [5, 5.41) is 13.3. The fraction of sp³-hybridized carbons (Fsp3) is 0.700. The molecule has 0 aliphatic heterocycles. The molecule has 1 aromatic heterocycles. The lowest BCUT2D eigenvalue weighted by Gasteiger charge is -2.52. The molecule has 0 aromatic carbocycles. The summed E-state index contributed by atoms with van der Waals surface area (Å²) in [5.41, 5.74) is -0.441. The van der Waals surface area contributed by atoms with Crippen LogP contribution in [0.3, 0.4) is 0 Å². The number of hydrogen-bond acceptors (Lipinski definition) is 3. The first-order valence-corrected chi connectivity index (χ1v) is 5.52. The first-order valence-electron chi connectivity index (χ1n) is 4.64. The summed E-state index contributed by atoms with van der Waals surface area (Å²) in [6.07, 6.45) is 4.56. The van der Waals surface area contributed by atoms with E-state index in [1.165, 1.54) is 0 Å². The summed E-state index contributed by atoms with van der Waals surface area (Å²) >= 11 is 1.63. The van der Waals surface area contributed by atoms with E-state index in [0.717, 1.165) is 24.3 Å². The molecule has 2 rings (SSSR count). The molecule has 0 radical (unpaired) electrons. The largest absolute Gasteiger partial charge is 0.389 e. The van der Waals surface area contributed by atoms with Crippen molar-refractivity contribution in [3.05, 3.63) is 16.6 Å². The van der Waals surface area contributed by atoms with Crippen molar-refractivity contribution in [1.82, 2.24) is 4.98 Å². The first-order chi connectivity index (χ1) is 6.04. The van der Waals surface area contributed by atoms with Gasteiger partial charge in [0.25, 0.3) is 0 Å². The number of aromatic nitrogens is 1. The Kier molecular flexibility index (Phi) is 1.96. The van der Waals surface area contributed by atoms with Gasteiger partial charge < -0.3 is 5.11 Å². The second kappa shape index (κ2) is 2.79. The van der Waals surface area contributed by atoms with E-state index in [0.29, 0.717) is 0 Å². The monoisotopic (exact) mass is 197 g/mol. The number of aliphatic hydroxyl groups is 1. The minimum Gasteiger partial charge on any atom is -0.389 e. The Morgan fingerprint density at radius 3 is 2.69 bits per heavy atom. The van der Waals surface area contributed by atoms with Crippen LogP contribution in [0.2, 0.25) is 0 Å². The SMILES string of the molecule is CC1(C)CCC1(O)Cc1nccs1. The quantitative estimate of drug-likeness (QED) is 0.788. The third-order valence-corrected chi connectivity index (χ3v) is 4.13. The van der Waals surface area contributed by atoms with Gasteiger partial charge in [-0.1, -0.05) is 13.8 Å². The standard InChI is InChI=1S/C10H15NOS/c1-9(2)3-4-10(9,12)7-8-11-5-6-13-8/h5-6,12H,3-4,7H2,1-2H3. The predicted octanol–water partition coefficient (Wildman–Crippen LogP) is 2.24. The van der Waals surface area contributed by atoms with Crippen molar-refractivity contribution in [3.63, 3.8) is 0 Å². The molecule has 1 N–H and O–H groups in total. The highest BCUT2D eigenvalue weighted by atomic mass is 32.1. The Labute approximate surface area is 82.6 Å². The van der Waals surface area contributed by atoms with Crippen LogP contribution in [-0.2, 0) is 6.42 Å². The van der Waals surface area contributed by atoms with Crippen molar-refractivity contribution in [2.45, 2.75) is 38.7 Å². The van der Waals surface area contributed by atoms with Gasteiger partial charge in [-0.05, 0) is 18.3 Å². The zero-order chi connectivity index (χ0) is 9.53. The van der Waals surface area contributed by atoms with E-state index in [4.69, 9.17) is 0 Å². The molecule has 1 aromatic rings. The Morgan fingerprint density at radius 2 is 2.31 bits per heavy atom. The summed E-state index contributed by atoms with van der Waals surface area (Å²) in [6.45, 7) is 4.26. The highest BCUT2D eigenvalue weighted by molar-refractivity contribution is 7.09. The van der Waals surface area contributed by atoms with E-state index in [-0.39, 0.29) is 5.41 Å². The maximum absolute atomic E-state index is 10.3. The van der Waals surface area contributed by atoms with Crippen molar-refractivity contribution in [2.24, 2.45) is 5.41 Å². The van der Waals surface area contributed by atoms with E-state index in [1.807, 2.05) is 5.38 Å². The lowest BCUT2D eigenvalue weighted by atomic mass is 9.58. The molecule has 0 saturated heterocycles. The fourth-order valence-corrected chi connectivity index (χ4v) is 2.55. The zero-order valence-corrected chi connectivity index (χ0v) is 8.90. The molecule has 1 aliphatic carbocycles. The molecule has 1 fully saturated rings. The van der Waals surface area contributed by atoms with E-state index in [2.05, 4.69) is 18.8 Å². The maximum Gasteiger partial charge on any atom is 0.0953 e. The van der Waals surface area contributed by atoms with Crippen LogP contribution in [0.25, 0.3) is 0 Å². The average Bonchev–Trinajstić information content (AvgIpc) is 2.55. The van der Waals surface area contributed by atoms with Gasteiger partial charge in [0.15, 0.2) is 0 Å². The van der Waals surface area contributed by atoms with Crippen LogP contribution in [-0.4, -0.2) is 15.7 Å². The molecule has 1 unspecified atom stereocenters. The molecular weight excluding hydrogens is 182 g/mol. The van der Waals surface area contributed by atoms with E-state index < -0.39 is 5.60 Å². The van der Waals surface area contributed by atoms with Gasteiger partial charge in [-0.25, -0.2) is 4.98 Å². The maximum atomic E-state index is 10.3. The van der Waals surface area contributed by atoms with Gasteiger partial charge in [0.1, 0.15) is 0 Å². The summed E-state index contributed by atoms with van der Waals surface area (Å²) in [4.78, 5) is 4.21.